The fourth-order valence-corrected chi connectivity index (χ4v) is 1.92. The third-order valence-corrected chi connectivity index (χ3v) is 3.11. The number of amides is 1. The molecule has 1 rings (SSSR count). The molecule has 14 heavy (non-hydrogen) atoms. The molecule has 1 heterocycles. The Morgan fingerprint density at radius 1 is 1.64 bits per heavy atom. The van der Waals surface area contributed by atoms with Gasteiger partial charge in [0, 0.05) is 31.8 Å². The average Bonchev–Trinajstić information content (AvgIpc) is 2.65. The Labute approximate surface area is 96.4 Å². The second-order valence-corrected chi connectivity index (χ2v) is 4.38. The summed E-state index contributed by atoms with van der Waals surface area (Å²) in [5.41, 5.74) is 0. The lowest BCUT2D eigenvalue weighted by Gasteiger charge is -2.23. The maximum Gasteiger partial charge on any atom is 0.223 e. The molecule has 84 valence electrons. The minimum atomic E-state index is 0. The number of hydrogen-bond acceptors (Lipinski definition) is 3. The Balaban J connectivity index is 0.00000169. The zero-order valence-corrected chi connectivity index (χ0v) is 10.4. The third-order valence-electron chi connectivity index (χ3n) is 2.50. The van der Waals surface area contributed by atoms with E-state index >= 15 is 0 Å². The van der Waals surface area contributed by atoms with Gasteiger partial charge < -0.3 is 10.2 Å². The zero-order chi connectivity index (χ0) is 9.68. The van der Waals surface area contributed by atoms with Crippen molar-refractivity contribution in [3.8, 4) is 0 Å². The minimum Gasteiger partial charge on any atom is -0.341 e. The van der Waals surface area contributed by atoms with Crippen molar-refractivity contribution in [1.29, 1.82) is 0 Å². The van der Waals surface area contributed by atoms with Gasteiger partial charge in [-0.3, -0.25) is 4.79 Å². The zero-order valence-electron chi connectivity index (χ0n) is 8.78. The van der Waals surface area contributed by atoms with Crippen LogP contribution in [0.2, 0.25) is 0 Å². The van der Waals surface area contributed by atoms with Crippen molar-refractivity contribution in [3.63, 3.8) is 0 Å². The van der Waals surface area contributed by atoms with E-state index in [4.69, 9.17) is 0 Å². The summed E-state index contributed by atoms with van der Waals surface area (Å²) in [5.74, 6) is 1.21. The van der Waals surface area contributed by atoms with E-state index in [2.05, 4.69) is 5.32 Å². The van der Waals surface area contributed by atoms with Crippen molar-refractivity contribution in [1.82, 2.24) is 10.2 Å². The van der Waals surface area contributed by atoms with Crippen molar-refractivity contribution >= 4 is 30.1 Å². The van der Waals surface area contributed by atoms with E-state index in [0.717, 1.165) is 25.3 Å². The van der Waals surface area contributed by atoms with Crippen LogP contribution in [-0.2, 0) is 4.79 Å². The van der Waals surface area contributed by atoms with Gasteiger partial charge in [-0.1, -0.05) is 0 Å². The summed E-state index contributed by atoms with van der Waals surface area (Å²) in [7, 11) is 1.92. The Hall–Kier alpha value is 0.0700. The second kappa shape index (κ2) is 7.37. The van der Waals surface area contributed by atoms with E-state index in [1.165, 1.54) is 0 Å². The highest BCUT2D eigenvalue weighted by atomic mass is 35.5. The summed E-state index contributed by atoms with van der Waals surface area (Å²) in [6.07, 6.45) is 3.81. The first-order valence-electron chi connectivity index (χ1n) is 4.71. The monoisotopic (exact) mass is 238 g/mol. The molecule has 0 saturated carbocycles. The molecule has 1 atom stereocenters. The van der Waals surface area contributed by atoms with Crippen LogP contribution >= 0.6 is 24.2 Å². The maximum absolute atomic E-state index is 11.6. The lowest BCUT2D eigenvalue weighted by molar-refractivity contribution is -0.131. The number of thioether (sulfide) groups is 1. The molecule has 5 heteroatoms. The van der Waals surface area contributed by atoms with E-state index in [-0.39, 0.29) is 18.3 Å². The highest BCUT2D eigenvalue weighted by Crippen LogP contribution is 2.08. The summed E-state index contributed by atoms with van der Waals surface area (Å²) < 4.78 is 0. The Kier molecular flexibility index (Phi) is 7.41. The quantitative estimate of drug-likeness (QED) is 0.793. The van der Waals surface area contributed by atoms with Crippen molar-refractivity contribution in [2.45, 2.75) is 18.9 Å². The molecule has 0 aliphatic carbocycles. The number of halogens is 1. The summed E-state index contributed by atoms with van der Waals surface area (Å²) in [6.45, 7) is 2.01. The minimum absolute atomic E-state index is 0. The molecule has 1 fully saturated rings. The Bertz CT molecular complexity index is 174. The molecule has 0 aromatic carbocycles. The van der Waals surface area contributed by atoms with Crippen LogP contribution < -0.4 is 5.32 Å². The van der Waals surface area contributed by atoms with Crippen LogP contribution in [0.15, 0.2) is 0 Å². The highest BCUT2D eigenvalue weighted by molar-refractivity contribution is 7.98. The fraction of sp³-hybridized carbons (Fsp3) is 0.889. The van der Waals surface area contributed by atoms with Gasteiger partial charge in [-0.15, -0.1) is 12.4 Å². The SMILES string of the molecule is CSCCC(=O)N(C)C1CCNC1.Cl. The number of nitrogens with one attached hydrogen (secondary N) is 1. The molecule has 1 aliphatic heterocycles. The molecule has 0 aromatic heterocycles. The second-order valence-electron chi connectivity index (χ2n) is 3.39. The molecule has 0 aromatic rings. The highest BCUT2D eigenvalue weighted by Gasteiger charge is 2.22. The maximum atomic E-state index is 11.6. The molecule has 1 saturated heterocycles. The normalized spacial score (nSPS) is 20.3. The summed E-state index contributed by atoms with van der Waals surface area (Å²) in [6, 6.07) is 0.425. The number of carbonyl (C=O) groups excluding carboxylic acids is 1. The van der Waals surface area contributed by atoms with E-state index < -0.39 is 0 Å². The fourth-order valence-electron chi connectivity index (χ4n) is 1.54. The Morgan fingerprint density at radius 2 is 2.36 bits per heavy atom. The van der Waals surface area contributed by atoms with Gasteiger partial charge in [0.1, 0.15) is 0 Å². The Morgan fingerprint density at radius 3 is 2.86 bits per heavy atom. The molecule has 0 spiro atoms. The number of likely N-dealkylation sites (N-methyl/N-ethyl adjacent to an activating group) is 1. The van der Waals surface area contributed by atoms with Gasteiger partial charge in [0.15, 0.2) is 0 Å². The van der Waals surface area contributed by atoms with Crippen molar-refractivity contribution in [2.24, 2.45) is 0 Å². The molecular weight excluding hydrogens is 220 g/mol. The van der Waals surface area contributed by atoms with Crippen LogP contribution in [0, 0.1) is 0 Å². The number of hydrogen-bond donors (Lipinski definition) is 1. The summed E-state index contributed by atoms with van der Waals surface area (Å²) in [4.78, 5) is 13.5. The largest absolute Gasteiger partial charge is 0.341 e. The van der Waals surface area contributed by atoms with Crippen LogP contribution in [0.1, 0.15) is 12.8 Å². The molecule has 0 bridgehead atoms. The van der Waals surface area contributed by atoms with Crippen LogP contribution in [0.25, 0.3) is 0 Å². The first-order valence-corrected chi connectivity index (χ1v) is 6.10. The van der Waals surface area contributed by atoms with E-state index in [1.807, 2.05) is 18.2 Å². The molecule has 0 radical (unpaired) electrons. The lowest BCUT2D eigenvalue weighted by Crippen LogP contribution is -2.38. The summed E-state index contributed by atoms with van der Waals surface area (Å²) in [5, 5.41) is 3.27. The summed E-state index contributed by atoms with van der Waals surface area (Å²) >= 11 is 1.73. The average molecular weight is 239 g/mol. The smallest absolute Gasteiger partial charge is 0.223 e. The van der Waals surface area contributed by atoms with Crippen LogP contribution in [0.3, 0.4) is 0 Å². The van der Waals surface area contributed by atoms with E-state index in [9.17, 15) is 4.79 Å². The standard InChI is InChI=1S/C9H18N2OS.ClH/c1-11(8-3-5-10-7-8)9(12)4-6-13-2;/h8,10H,3-7H2,1-2H3;1H. The molecule has 1 amide bonds. The van der Waals surface area contributed by atoms with Gasteiger partial charge >= 0.3 is 0 Å². The molecule has 1 N–H and O–H groups in total. The lowest BCUT2D eigenvalue weighted by atomic mass is 10.2. The van der Waals surface area contributed by atoms with Crippen LogP contribution in [-0.4, -0.2) is 49.0 Å². The van der Waals surface area contributed by atoms with E-state index in [0.29, 0.717) is 12.5 Å². The first kappa shape index (κ1) is 14.1. The topological polar surface area (TPSA) is 32.3 Å². The number of nitrogens with zero attached hydrogens (tertiary/aromatic N) is 1. The van der Waals surface area contributed by atoms with Gasteiger partial charge in [-0.25, -0.2) is 0 Å². The van der Waals surface area contributed by atoms with Gasteiger partial charge in [-0.2, -0.15) is 11.8 Å². The molecule has 1 aliphatic rings. The van der Waals surface area contributed by atoms with Crippen molar-refractivity contribution in [2.75, 3.05) is 32.1 Å². The van der Waals surface area contributed by atoms with E-state index in [1.54, 1.807) is 11.8 Å². The van der Waals surface area contributed by atoms with Gasteiger partial charge in [0.2, 0.25) is 5.91 Å². The third kappa shape index (κ3) is 4.07. The van der Waals surface area contributed by atoms with Crippen molar-refractivity contribution in [3.05, 3.63) is 0 Å². The number of rotatable bonds is 4. The van der Waals surface area contributed by atoms with Crippen LogP contribution in [0.4, 0.5) is 0 Å². The van der Waals surface area contributed by atoms with Gasteiger partial charge in [0.05, 0.1) is 0 Å². The van der Waals surface area contributed by atoms with Crippen molar-refractivity contribution < 1.29 is 4.79 Å². The predicted octanol–water partition coefficient (Wildman–Crippen LogP) is 0.982. The number of carbonyl (C=O) groups is 1. The van der Waals surface area contributed by atoms with Crippen LogP contribution in [0.5, 0.6) is 0 Å². The molecular formula is C9H19ClN2OS. The molecule has 1 unspecified atom stereocenters. The van der Waals surface area contributed by atoms with Gasteiger partial charge in [0.25, 0.3) is 0 Å². The molecule has 3 nitrogen and oxygen atoms in total. The van der Waals surface area contributed by atoms with Gasteiger partial charge in [-0.05, 0) is 19.2 Å². The first-order chi connectivity index (χ1) is 6.25. The predicted molar refractivity (Wildman–Crippen MR) is 64.3 cm³/mol.